The van der Waals surface area contributed by atoms with Crippen molar-refractivity contribution in [2.45, 2.75) is 0 Å². The molecular formula is CH3N4O2P. The third kappa shape index (κ3) is 0.919. The highest BCUT2D eigenvalue weighted by Crippen LogP contribution is 2.06. The van der Waals surface area contributed by atoms with Crippen molar-refractivity contribution in [2.75, 3.05) is 0 Å². The fraction of sp³-hybridized carbons (Fsp3) is 0. The van der Waals surface area contributed by atoms with E-state index in [1.165, 1.54) is 0 Å². The van der Waals surface area contributed by atoms with Crippen molar-refractivity contribution in [1.29, 1.82) is 0 Å². The van der Waals surface area contributed by atoms with Gasteiger partial charge in [-0.1, -0.05) is 9.67 Å². The Labute approximate surface area is 45.8 Å². The predicted octanol–water partition coefficient (Wildman–Crippen LogP) is -2.03. The van der Waals surface area contributed by atoms with Crippen molar-refractivity contribution in [2.24, 2.45) is 5.10 Å². The van der Waals surface area contributed by atoms with Crippen molar-refractivity contribution in [3.05, 3.63) is 0 Å². The SMILES string of the molecule is O=[P+]([O-])C1=NNNN1. The minimum atomic E-state index is -2.59. The molecule has 44 valence electrons. The van der Waals surface area contributed by atoms with Crippen LogP contribution in [0.1, 0.15) is 0 Å². The molecule has 0 aliphatic carbocycles. The first-order chi connectivity index (χ1) is 3.80. The molecule has 0 saturated carbocycles. The zero-order chi connectivity index (χ0) is 5.98. The molecule has 0 fully saturated rings. The van der Waals surface area contributed by atoms with Crippen LogP contribution in [0.25, 0.3) is 0 Å². The molecular weight excluding hydrogens is 131 g/mol. The smallest absolute Gasteiger partial charge is 0.392 e. The Bertz CT molecular complexity index is 143. The van der Waals surface area contributed by atoms with Crippen molar-refractivity contribution in [1.82, 2.24) is 16.5 Å². The Hall–Kier alpha value is -0.710. The van der Waals surface area contributed by atoms with Gasteiger partial charge in [-0.25, -0.2) is 11.0 Å². The van der Waals surface area contributed by atoms with Crippen LogP contribution in [0.2, 0.25) is 0 Å². The third-order valence-corrected chi connectivity index (χ3v) is 1.12. The van der Waals surface area contributed by atoms with Crippen LogP contribution in [-0.4, -0.2) is 5.58 Å². The molecule has 1 aliphatic heterocycles. The fourth-order valence-corrected chi connectivity index (χ4v) is 0.558. The second-order valence-electron chi connectivity index (χ2n) is 1.05. The summed E-state index contributed by atoms with van der Waals surface area (Å²) in [5.74, 6) is 0. The molecule has 1 aliphatic rings. The molecule has 0 radical (unpaired) electrons. The maximum absolute atomic E-state index is 9.97. The Morgan fingerprint density at radius 1 is 1.75 bits per heavy atom. The van der Waals surface area contributed by atoms with Crippen molar-refractivity contribution >= 4 is 13.6 Å². The molecule has 1 atom stereocenters. The zero-order valence-electron chi connectivity index (χ0n) is 3.71. The van der Waals surface area contributed by atoms with Crippen LogP contribution in [0.4, 0.5) is 0 Å². The molecule has 0 aromatic carbocycles. The summed E-state index contributed by atoms with van der Waals surface area (Å²) in [4.78, 5) is 9.97. The van der Waals surface area contributed by atoms with Gasteiger partial charge >= 0.3 is 13.6 Å². The van der Waals surface area contributed by atoms with E-state index < -0.39 is 8.03 Å². The van der Waals surface area contributed by atoms with Gasteiger partial charge in [0.25, 0.3) is 0 Å². The first kappa shape index (κ1) is 5.43. The van der Waals surface area contributed by atoms with Crippen LogP contribution in [-0.2, 0) is 4.57 Å². The van der Waals surface area contributed by atoms with E-state index in [1.807, 2.05) is 0 Å². The van der Waals surface area contributed by atoms with Crippen molar-refractivity contribution in [3.8, 4) is 0 Å². The van der Waals surface area contributed by atoms with E-state index in [2.05, 4.69) is 21.6 Å². The van der Waals surface area contributed by atoms with Gasteiger partial charge in [-0.15, -0.1) is 5.53 Å². The van der Waals surface area contributed by atoms with Gasteiger partial charge in [-0.2, -0.15) is 0 Å². The summed E-state index contributed by atoms with van der Waals surface area (Å²) in [7, 11) is -2.59. The van der Waals surface area contributed by atoms with Crippen LogP contribution in [0.3, 0.4) is 0 Å². The largest absolute Gasteiger partial charge is 0.588 e. The Morgan fingerprint density at radius 3 is 2.75 bits per heavy atom. The van der Waals surface area contributed by atoms with E-state index in [0.29, 0.717) is 0 Å². The molecule has 0 saturated heterocycles. The lowest BCUT2D eigenvalue weighted by atomic mass is 11.3. The van der Waals surface area contributed by atoms with Gasteiger partial charge < -0.3 is 4.89 Å². The van der Waals surface area contributed by atoms with E-state index in [-0.39, 0.29) is 5.58 Å². The monoisotopic (exact) mass is 134 g/mol. The average molecular weight is 134 g/mol. The number of hydrazine groups is 2. The quantitative estimate of drug-likeness (QED) is 0.360. The van der Waals surface area contributed by atoms with Crippen LogP contribution in [0.5, 0.6) is 0 Å². The second kappa shape index (κ2) is 2.04. The van der Waals surface area contributed by atoms with Crippen LogP contribution in [0, 0.1) is 0 Å². The lowest BCUT2D eigenvalue weighted by molar-refractivity contribution is -0.159. The second-order valence-corrected chi connectivity index (χ2v) is 1.99. The van der Waals surface area contributed by atoms with Gasteiger partial charge in [-0.05, 0) is 0 Å². The molecule has 0 amide bonds. The first-order valence-corrected chi connectivity index (χ1v) is 2.96. The molecule has 0 aromatic heterocycles. The van der Waals surface area contributed by atoms with E-state index in [1.54, 1.807) is 0 Å². The van der Waals surface area contributed by atoms with Gasteiger partial charge in [0.2, 0.25) is 0 Å². The predicted molar refractivity (Wildman–Crippen MR) is 24.4 cm³/mol. The number of hydrogen-bond acceptors (Lipinski definition) is 6. The Kier molecular flexibility index (Phi) is 1.38. The molecule has 0 spiro atoms. The van der Waals surface area contributed by atoms with Gasteiger partial charge in [0.1, 0.15) is 0 Å². The average Bonchev–Trinajstić information content (AvgIpc) is 2.12. The van der Waals surface area contributed by atoms with Crippen molar-refractivity contribution < 1.29 is 9.46 Å². The molecule has 7 heteroatoms. The minimum Gasteiger partial charge on any atom is -0.588 e. The van der Waals surface area contributed by atoms with Gasteiger partial charge in [0.05, 0.1) is 0 Å². The minimum absolute atomic E-state index is 0.0972. The summed E-state index contributed by atoms with van der Waals surface area (Å²) < 4.78 is 9.97. The molecule has 6 nitrogen and oxygen atoms in total. The molecule has 8 heavy (non-hydrogen) atoms. The molecule has 1 unspecified atom stereocenters. The lowest BCUT2D eigenvalue weighted by Gasteiger charge is -1.86. The highest BCUT2D eigenvalue weighted by Gasteiger charge is 2.16. The van der Waals surface area contributed by atoms with Crippen LogP contribution in [0.15, 0.2) is 5.10 Å². The zero-order valence-corrected chi connectivity index (χ0v) is 4.61. The summed E-state index contributed by atoms with van der Waals surface area (Å²) in [6, 6.07) is 0. The van der Waals surface area contributed by atoms with Crippen LogP contribution < -0.4 is 21.4 Å². The van der Waals surface area contributed by atoms with Gasteiger partial charge in [0, 0.05) is 0 Å². The highest BCUT2D eigenvalue weighted by molar-refractivity contribution is 7.57. The number of nitrogens with zero attached hydrogens (tertiary/aromatic N) is 1. The summed E-state index contributed by atoms with van der Waals surface area (Å²) >= 11 is 0. The van der Waals surface area contributed by atoms with E-state index >= 15 is 0 Å². The Morgan fingerprint density at radius 2 is 2.50 bits per heavy atom. The van der Waals surface area contributed by atoms with Crippen molar-refractivity contribution in [3.63, 3.8) is 0 Å². The first-order valence-electron chi connectivity index (χ1n) is 1.79. The molecule has 0 bridgehead atoms. The van der Waals surface area contributed by atoms with Gasteiger partial charge in [0.15, 0.2) is 0 Å². The summed E-state index contributed by atoms with van der Waals surface area (Å²) in [6.07, 6.45) is 0. The van der Waals surface area contributed by atoms with E-state index in [0.717, 1.165) is 0 Å². The maximum Gasteiger partial charge on any atom is 0.392 e. The number of nitrogens with one attached hydrogen (secondary N) is 3. The lowest BCUT2D eigenvalue weighted by Crippen LogP contribution is -2.34. The standard InChI is InChI=1S/CH3N4O2P/c6-8(7)1-2-4-5-3-1/h4-5H,(H,2,3). The topological polar surface area (TPSA) is 88.6 Å². The highest BCUT2D eigenvalue weighted by atomic mass is 31.1. The molecule has 3 N–H and O–H groups in total. The summed E-state index contributed by atoms with van der Waals surface area (Å²) in [5, 5.41) is 3.28. The van der Waals surface area contributed by atoms with E-state index in [9.17, 15) is 9.46 Å². The fourth-order valence-electron chi connectivity index (χ4n) is 0.279. The maximum atomic E-state index is 9.97. The molecule has 1 heterocycles. The molecule has 0 aromatic rings. The number of hydrazone groups is 1. The number of hydrogen-bond donors (Lipinski definition) is 3. The van der Waals surface area contributed by atoms with E-state index in [4.69, 9.17) is 0 Å². The number of amidine groups is 1. The summed E-state index contributed by atoms with van der Waals surface area (Å²) in [5.41, 5.74) is 6.61. The third-order valence-electron chi connectivity index (χ3n) is 0.565. The molecule has 1 rings (SSSR count). The van der Waals surface area contributed by atoms with Gasteiger partial charge in [-0.3, -0.25) is 0 Å². The normalized spacial score (nSPS) is 18.6. The Balaban J connectivity index is 2.57. The van der Waals surface area contributed by atoms with Crippen LogP contribution >= 0.6 is 8.03 Å². The number of rotatable bonds is 1. The summed E-state index contributed by atoms with van der Waals surface area (Å²) in [6.45, 7) is 0.